The van der Waals surface area contributed by atoms with Crippen LogP contribution in [0.1, 0.15) is 36.6 Å². The van der Waals surface area contributed by atoms with Gasteiger partial charge in [0.2, 0.25) is 0 Å². The fourth-order valence-electron chi connectivity index (χ4n) is 2.43. The van der Waals surface area contributed by atoms with Crippen LogP contribution in [-0.4, -0.2) is 27.9 Å². The number of aromatic carboxylic acids is 2. The van der Waals surface area contributed by atoms with Crippen LogP contribution in [0.2, 0.25) is 0 Å². The first-order valence-electron chi connectivity index (χ1n) is 5.79. The Balaban J connectivity index is 2.32. The van der Waals surface area contributed by atoms with Crippen LogP contribution in [0.3, 0.4) is 0 Å². The maximum atomic E-state index is 12.3. The van der Waals surface area contributed by atoms with Crippen LogP contribution in [-0.2, 0) is 0 Å². The number of carbonyl (C=O) groups excluding carboxylic acids is 1. The summed E-state index contributed by atoms with van der Waals surface area (Å²) in [5.41, 5.74) is 1.38. The van der Waals surface area contributed by atoms with Gasteiger partial charge in [-0.25, -0.2) is 9.59 Å². The van der Waals surface area contributed by atoms with Gasteiger partial charge in [-0.2, -0.15) is 0 Å². The van der Waals surface area contributed by atoms with Gasteiger partial charge in [-0.15, -0.1) is 0 Å². The molecule has 0 unspecified atom stereocenters. The van der Waals surface area contributed by atoms with Crippen molar-refractivity contribution >= 4 is 17.7 Å². The van der Waals surface area contributed by atoms with Gasteiger partial charge >= 0.3 is 11.9 Å². The molecule has 0 heterocycles. The van der Waals surface area contributed by atoms with E-state index >= 15 is 0 Å². The van der Waals surface area contributed by atoms with E-state index in [0.29, 0.717) is 16.7 Å². The molecule has 0 aliphatic heterocycles. The summed E-state index contributed by atoms with van der Waals surface area (Å²) in [4.78, 5) is 34.5. The Morgan fingerprint density at radius 1 is 0.850 bits per heavy atom. The normalized spacial score (nSPS) is 11.9. The van der Waals surface area contributed by atoms with Crippen molar-refractivity contribution in [1.82, 2.24) is 0 Å². The zero-order valence-electron chi connectivity index (χ0n) is 10.1. The molecule has 3 rings (SSSR count). The number of benzene rings is 2. The molecule has 20 heavy (non-hydrogen) atoms. The second-order valence-corrected chi connectivity index (χ2v) is 4.43. The quantitative estimate of drug-likeness (QED) is 0.744. The molecular weight excluding hydrogens is 260 g/mol. The van der Waals surface area contributed by atoms with Crippen LogP contribution < -0.4 is 0 Å². The first-order valence-corrected chi connectivity index (χ1v) is 5.79. The fraction of sp³-hybridized carbons (Fsp3) is 0. The molecule has 0 amide bonds. The average Bonchev–Trinajstić information content (AvgIpc) is 2.72. The van der Waals surface area contributed by atoms with E-state index in [0.717, 1.165) is 0 Å². The predicted octanol–water partition coefficient (Wildman–Crippen LogP) is 2.29. The molecule has 0 radical (unpaired) electrons. The number of ketones is 1. The lowest BCUT2D eigenvalue weighted by atomic mass is 10.0. The summed E-state index contributed by atoms with van der Waals surface area (Å²) in [7, 11) is 0. The zero-order valence-corrected chi connectivity index (χ0v) is 10.1. The Labute approximate surface area is 113 Å². The van der Waals surface area contributed by atoms with Crippen molar-refractivity contribution in [2.45, 2.75) is 0 Å². The van der Waals surface area contributed by atoms with Gasteiger partial charge in [0.1, 0.15) is 0 Å². The lowest BCUT2D eigenvalue weighted by Gasteiger charge is -2.03. The van der Waals surface area contributed by atoms with Gasteiger partial charge in [-0.1, -0.05) is 12.1 Å². The van der Waals surface area contributed by atoms with Gasteiger partial charge in [-0.05, 0) is 35.4 Å². The molecule has 2 N–H and O–H groups in total. The van der Waals surface area contributed by atoms with E-state index in [4.69, 9.17) is 10.2 Å². The predicted molar refractivity (Wildman–Crippen MR) is 69.2 cm³/mol. The number of hydrogen-bond donors (Lipinski definition) is 2. The SMILES string of the molecule is O=C(O)c1ccc2c(c1)-c1cccc(C(=O)O)c1C2=O. The fourth-order valence-corrected chi connectivity index (χ4v) is 2.43. The minimum absolute atomic E-state index is 0.0603. The Hall–Kier alpha value is -2.95. The molecule has 98 valence electrons. The first-order chi connectivity index (χ1) is 9.50. The molecule has 0 aromatic heterocycles. The summed E-state index contributed by atoms with van der Waals surface area (Å²) in [6.45, 7) is 0. The van der Waals surface area contributed by atoms with Gasteiger partial charge in [0.25, 0.3) is 0 Å². The van der Waals surface area contributed by atoms with Crippen LogP contribution in [0.5, 0.6) is 0 Å². The van der Waals surface area contributed by atoms with Crippen LogP contribution in [0.25, 0.3) is 11.1 Å². The molecule has 2 aromatic rings. The van der Waals surface area contributed by atoms with Gasteiger partial charge in [0.05, 0.1) is 11.1 Å². The van der Waals surface area contributed by atoms with E-state index in [1.54, 1.807) is 6.07 Å². The molecule has 1 aliphatic rings. The van der Waals surface area contributed by atoms with Gasteiger partial charge < -0.3 is 10.2 Å². The maximum absolute atomic E-state index is 12.3. The number of rotatable bonds is 2. The molecule has 2 aromatic carbocycles. The number of carbonyl (C=O) groups is 3. The third-order valence-corrected chi connectivity index (χ3v) is 3.32. The molecular formula is C15H8O5. The van der Waals surface area contributed by atoms with Crippen molar-refractivity contribution in [2.24, 2.45) is 0 Å². The summed E-state index contributed by atoms with van der Waals surface area (Å²) in [5, 5.41) is 18.1. The van der Waals surface area contributed by atoms with Crippen molar-refractivity contribution in [3.8, 4) is 11.1 Å². The van der Waals surface area contributed by atoms with Gasteiger partial charge in [-0.3, -0.25) is 4.79 Å². The van der Waals surface area contributed by atoms with Crippen LogP contribution in [0.15, 0.2) is 36.4 Å². The molecule has 0 atom stereocenters. The van der Waals surface area contributed by atoms with Crippen LogP contribution in [0.4, 0.5) is 0 Å². The van der Waals surface area contributed by atoms with Gasteiger partial charge in [0.15, 0.2) is 5.78 Å². The monoisotopic (exact) mass is 268 g/mol. The molecule has 0 saturated carbocycles. The topological polar surface area (TPSA) is 91.7 Å². The van der Waals surface area contributed by atoms with Crippen molar-refractivity contribution in [2.75, 3.05) is 0 Å². The smallest absolute Gasteiger partial charge is 0.336 e. The highest BCUT2D eigenvalue weighted by Crippen LogP contribution is 2.38. The van der Waals surface area contributed by atoms with Crippen LogP contribution in [0, 0.1) is 0 Å². The molecule has 0 saturated heterocycles. The summed E-state index contributed by atoms with van der Waals surface area (Å²) in [6, 6.07) is 8.68. The van der Waals surface area contributed by atoms with Crippen LogP contribution >= 0.6 is 0 Å². The molecule has 0 spiro atoms. The molecule has 5 heteroatoms. The standard InChI is InChI=1S/C15H8O5/c16-13-9-5-4-7(14(17)18)6-11(9)8-2-1-3-10(12(8)13)15(19)20/h1-6H,(H,17,18)(H,19,20). The number of carboxylic acid groups (broad SMARTS) is 2. The minimum atomic E-state index is -1.18. The summed E-state index contributed by atoms with van der Waals surface area (Å²) >= 11 is 0. The Bertz CT molecular complexity index is 789. The third-order valence-electron chi connectivity index (χ3n) is 3.32. The Morgan fingerprint density at radius 2 is 1.60 bits per heavy atom. The average molecular weight is 268 g/mol. The lowest BCUT2D eigenvalue weighted by molar-refractivity contribution is 0.0685. The summed E-state index contributed by atoms with van der Waals surface area (Å²) < 4.78 is 0. The highest BCUT2D eigenvalue weighted by molar-refractivity contribution is 6.25. The zero-order chi connectivity index (χ0) is 14.4. The van der Waals surface area contributed by atoms with Gasteiger partial charge in [0, 0.05) is 11.1 Å². The Kier molecular flexibility index (Phi) is 2.44. The van der Waals surface area contributed by atoms with Crippen molar-refractivity contribution < 1.29 is 24.6 Å². The second kappa shape index (κ2) is 4.03. The van der Waals surface area contributed by atoms with E-state index in [2.05, 4.69) is 0 Å². The third kappa shape index (κ3) is 1.53. The number of fused-ring (bicyclic) bond motifs is 3. The van der Waals surface area contributed by atoms with E-state index in [1.165, 1.54) is 30.3 Å². The van der Waals surface area contributed by atoms with Crippen molar-refractivity contribution in [3.05, 3.63) is 58.7 Å². The molecule has 0 fully saturated rings. The minimum Gasteiger partial charge on any atom is -0.478 e. The lowest BCUT2D eigenvalue weighted by Crippen LogP contribution is -2.06. The van der Waals surface area contributed by atoms with Crippen molar-refractivity contribution in [1.29, 1.82) is 0 Å². The highest BCUT2D eigenvalue weighted by atomic mass is 16.4. The second-order valence-electron chi connectivity index (χ2n) is 4.43. The maximum Gasteiger partial charge on any atom is 0.336 e. The number of hydrogen-bond acceptors (Lipinski definition) is 3. The number of carboxylic acids is 2. The first kappa shape index (κ1) is 12.1. The molecule has 0 bridgehead atoms. The van der Waals surface area contributed by atoms with E-state index in [9.17, 15) is 14.4 Å². The van der Waals surface area contributed by atoms with E-state index in [1.807, 2.05) is 0 Å². The summed E-state index contributed by atoms with van der Waals surface area (Å²) in [6.07, 6.45) is 0. The Morgan fingerprint density at radius 3 is 2.25 bits per heavy atom. The van der Waals surface area contributed by atoms with E-state index in [-0.39, 0.29) is 22.5 Å². The molecule has 1 aliphatic carbocycles. The largest absolute Gasteiger partial charge is 0.478 e. The summed E-state index contributed by atoms with van der Waals surface area (Å²) in [5.74, 6) is -2.66. The molecule has 5 nitrogen and oxygen atoms in total. The van der Waals surface area contributed by atoms with Crippen molar-refractivity contribution in [3.63, 3.8) is 0 Å². The van der Waals surface area contributed by atoms with E-state index < -0.39 is 11.9 Å². The highest BCUT2D eigenvalue weighted by Gasteiger charge is 2.31.